The Kier molecular flexibility index (Phi) is 3.98. The number of fused-ring (bicyclic) bond motifs is 1. The van der Waals surface area contributed by atoms with Crippen molar-refractivity contribution in [2.45, 2.75) is 37.6 Å². The molecule has 2 heterocycles. The van der Waals surface area contributed by atoms with Crippen molar-refractivity contribution in [1.82, 2.24) is 25.1 Å². The summed E-state index contributed by atoms with van der Waals surface area (Å²) in [6, 6.07) is 5.61. The summed E-state index contributed by atoms with van der Waals surface area (Å²) in [5, 5.41) is 8.36. The highest BCUT2D eigenvalue weighted by Gasteiger charge is 2.10. The number of aromatic nitrogens is 5. The Labute approximate surface area is 131 Å². The van der Waals surface area contributed by atoms with Gasteiger partial charge in [0.15, 0.2) is 0 Å². The van der Waals surface area contributed by atoms with Crippen LogP contribution >= 0.6 is 11.8 Å². The first-order valence-electron chi connectivity index (χ1n) is 7.08. The van der Waals surface area contributed by atoms with Gasteiger partial charge in [0.05, 0.1) is 16.7 Å². The van der Waals surface area contributed by atoms with Gasteiger partial charge in [-0.2, -0.15) is 0 Å². The fourth-order valence-corrected chi connectivity index (χ4v) is 2.81. The SMILES string of the molecule is Cc1cccc2c(=O)[nH]c(CSc3n[nH]c(C(C)C)n3)nc12. The average Bonchev–Trinajstić information content (AvgIpc) is 2.95. The molecule has 0 fully saturated rings. The third kappa shape index (κ3) is 2.89. The number of thioether (sulfide) groups is 1. The van der Waals surface area contributed by atoms with Crippen molar-refractivity contribution in [2.24, 2.45) is 0 Å². The molecule has 1 aromatic carbocycles. The average molecular weight is 315 g/mol. The Morgan fingerprint density at radius 1 is 1.27 bits per heavy atom. The summed E-state index contributed by atoms with van der Waals surface area (Å²) >= 11 is 1.45. The lowest BCUT2D eigenvalue weighted by Crippen LogP contribution is -2.11. The molecule has 0 atom stereocenters. The highest BCUT2D eigenvalue weighted by Crippen LogP contribution is 2.20. The Morgan fingerprint density at radius 3 is 2.82 bits per heavy atom. The van der Waals surface area contributed by atoms with Crippen LogP contribution in [0.1, 0.15) is 37.0 Å². The van der Waals surface area contributed by atoms with E-state index in [0.29, 0.717) is 28.0 Å². The molecule has 0 aliphatic heterocycles. The van der Waals surface area contributed by atoms with Crippen LogP contribution in [0.4, 0.5) is 0 Å². The van der Waals surface area contributed by atoms with Crippen LogP contribution in [-0.4, -0.2) is 25.1 Å². The third-order valence-corrected chi connectivity index (χ3v) is 4.21. The second kappa shape index (κ2) is 5.92. The maximum Gasteiger partial charge on any atom is 0.258 e. The molecule has 0 radical (unpaired) electrons. The molecule has 7 heteroatoms. The van der Waals surface area contributed by atoms with Gasteiger partial charge in [-0.25, -0.2) is 9.97 Å². The molecule has 0 amide bonds. The first-order chi connectivity index (χ1) is 10.5. The molecule has 2 aromatic heterocycles. The van der Waals surface area contributed by atoms with Gasteiger partial charge in [-0.05, 0) is 18.6 Å². The maximum absolute atomic E-state index is 12.1. The number of hydrogen-bond acceptors (Lipinski definition) is 5. The molecular formula is C15H17N5OS. The lowest BCUT2D eigenvalue weighted by molar-refractivity contribution is 0.780. The minimum Gasteiger partial charge on any atom is -0.309 e. The van der Waals surface area contributed by atoms with E-state index in [9.17, 15) is 4.79 Å². The Bertz CT molecular complexity index is 868. The van der Waals surface area contributed by atoms with E-state index >= 15 is 0 Å². The van der Waals surface area contributed by atoms with Gasteiger partial charge in [0.25, 0.3) is 5.56 Å². The van der Waals surface area contributed by atoms with E-state index in [0.717, 1.165) is 16.9 Å². The van der Waals surface area contributed by atoms with E-state index in [-0.39, 0.29) is 5.56 Å². The number of aryl methyl sites for hydroxylation is 1. The normalized spacial score (nSPS) is 11.5. The van der Waals surface area contributed by atoms with Gasteiger partial charge in [0.2, 0.25) is 5.16 Å². The van der Waals surface area contributed by atoms with E-state index in [2.05, 4.69) is 39.0 Å². The van der Waals surface area contributed by atoms with Crippen molar-refractivity contribution < 1.29 is 0 Å². The number of hydrogen-bond donors (Lipinski definition) is 2. The molecule has 0 unspecified atom stereocenters. The highest BCUT2D eigenvalue weighted by atomic mass is 32.2. The molecule has 22 heavy (non-hydrogen) atoms. The minimum atomic E-state index is -0.109. The van der Waals surface area contributed by atoms with E-state index in [1.54, 1.807) is 6.07 Å². The maximum atomic E-state index is 12.1. The lowest BCUT2D eigenvalue weighted by atomic mass is 10.1. The number of benzene rings is 1. The minimum absolute atomic E-state index is 0.109. The van der Waals surface area contributed by atoms with Gasteiger partial charge >= 0.3 is 0 Å². The summed E-state index contributed by atoms with van der Waals surface area (Å²) in [4.78, 5) is 23.9. The van der Waals surface area contributed by atoms with Crippen molar-refractivity contribution in [3.05, 3.63) is 45.8 Å². The van der Waals surface area contributed by atoms with E-state index < -0.39 is 0 Å². The van der Waals surface area contributed by atoms with Gasteiger partial charge < -0.3 is 4.98 Å². The summed E-state index contributed by atoms with van der Waals surface area (Å²) in [5.74, 6) is 2.32. The summed E-state index contributed by atoms with van der Waals surface area (Å²) in [6.45, 7) is 6.07. The molecule has 3 aromatic rings. The zero-order valence-corrected chi connectivity index (χ0v) is 13.5. The van der Waals surface area contributed by atoms with Crippen molar-refractivity contribution in [3.63, 3.8) is 0 Å². The number of nitrogens with zero attached hydrogens (tertiary/aromatic N) is 3. The number of H-pyrrole nitrogens is 2. The van der Waals surface area contributed by atoms with Gasteiger partial charge in [-0.15, -0.1) is 5.10 Å². The molecule has 6 nitrogen and oxygen atoms in total. The van der Waals surface area contributed by atoms with Crippen molar-refractivity contribution in [3.8, 4) is 0 Å². The first-order valence-corrected chi connectivity index (χ1v) is 8.07. The Morgan fingerprint density at radius 2 is 2.09 bits per heavy atom. The molecule has 0 aliphatic carbocycles. The smallest absolute Gasteiger partial charge is 0.258 e. The molecule has 0 saturated heterocycles. The lowest BCUT2D eigenvalue weighted by Gasteiger charge is -2.03. The highest BCUT2D eigenvalue weighted by molar-refractivity contribution is 7.98. The van der Waals surface area contributed by atoms with Crippen LogP contribution in [0.2, 0.25) is 0 Å². The van der Waals surface area contributed by atoms with Crippen molar-refractivity contribution >= 4 is 22.7 Å². The van der Waals surface area contributed by atoms with Gasteiger partial charge in [-0.1, -0.05) is 37.7 Å². The fourth-order valence-electron chi connectivity index (χ4n) is 2.13. The molecule has 114 valence electrons. The van der Waals surface area contributed by atoms with Crippen molar-refractivity contribution in [2.75, 3.05) is 0 Å². The molecule has 0 aliphatic rings. The van der Waals surface area contributed by atoms with Crippen LogP contribution < -0.4 is 5.56 Å². The van der Waals surface area contributed by atoms with Crippen LogP contribution in [-0.2, 0) is 5.75 Å². The second-order valence-corrected chi connectivity index (χ2v) is 6.37. The summed E-state index contributed by atoms with van der Waals surface area (Å²) < 4.78 is 0. The standard InChI is InChI=1S/C15H17N5OS/c1-8(2)13-18-15(20-19-13)22-7-11-16-12-9(3)5-4-6-10(12)14(21)17-11/h4-6,8H,7H2,1-3H3,(H,16,17,21)(H,18,19,20). The Balaban J connectivity index is 1.84. The molecule has 0 saturated carbocycles. The van der Waals surface area contributed by atoms with E-state index in [1.165, 1.54) is 11.8 Å². The monoisotopic (exact) mass is 315 g/mol. The molecular weight excluding hydrogens is 298 g/mol. The quantitative estimate of drug-likeness (QED) is 0.723. The summed E-state index contributed by atoms with van der Waals surface area (Å²) in [7, 11) is 0. The largest absolute Gasteiger partial charge is 0.309 e. The number of para-hydroxylation sites is 1. The predicted molar refractivity (Wildman–Crippen MR) is 87.1 cm³/mol. The van der Waals surface area contributed by atoms with Crippen LogP contribution in [0.5, 0.6) is 0 Å². The zero-order chi connectivity index (χ0) is 15.7. The summed E-state index contributed by atoms with van der Waals surface area (Å²) in [6.07, 6.45) is 0. The topological polar surface area (TPSA) is 87.3 Å². The fraction of sp³-hybridized carbons (Fsp3) is 0.333. The molecule has 2 N–H and O–H groups in total. The van der Waals surface area contributed by atoms with E-state index in [4.69, 9.17) is 0 Å². The molecule has 0 bridgehead atoms. The van der Waals surface area contributed by atoms with E-state index in [1.807, 2.05) is 19.1 Å². The van der Waals surface area contributed by atoms with Crippen LogP contribution in [0.25, 0.3) is 10.9 Å². The first kappa shape index (κ1) is 14.8. The van der Waals surface area contributed by atoms with Crippen LogP contribution in [0.3, 0.4) is 0 Å². The van der Waals surface area contributed by atoms with Crippen LogP contribution in [0, 0.1) is 6.92 Å². The predicted octanol–water partition coefficient (Wildman–Crippen LogP) is 2.77. The van der Waals surface area contributed by atoms with Gasteiger partial charge in [-0.3, -0.25) is 9.89 Å². The van der Waals surface area contributed by atoms with Gasteiger partial charge in [0.1, 0.15) is 11.6 Å². The van der Waals surface area contributed by atoms with Crippen molar-refractivity contribution in [1.29, 1.82) is 0 Å². The number of rotatable bonds is 4. The van der Waals surface area contributed by atoms with Gasteiger partial charge in [0, 0.05) is 5.92 Å². The Hall–Kier alpha value is -2.15. The molecule has 0 spiro atoms. The number of aromatic amines is 2. The van der Waals surface area contributed by atoms with Crippen LogP contribution in [0.15, 0.2) is 28.2 Å². The second-order valence-electron chi connectivity index (χ2n) is 5.43. The third-order valence-electron chi connectivity index (χ3n) is 3.35. The molecule has 3 rings (SSSR count). The summed E-state index contributed by atoms with van der Waals surface area (Å²) in [5.41, 5.74) is 1.64. The number of nitrogens with one attached hydrogen (secondary N) is 2. The zero-order valence-electron chi connectivity index (χ0n) is 12.7.